The molecule has 4 nitrogen and oxygen atoms in total. The Morgan fingerprint density at radius 1 is 1.16 bits per heavy atom. The van der Waals surface area contributed by atoms with Gasteiger partial charge in [-0.05, 0) is 67.6 Å². The highest BCUT2D eigenvalue weighted by molar-refractivity contribution is 6.31. The zero-order valence-electron chi connectivity index (χ0n) is 14.6. The second kappa shape index (κ2) is 6.89. The predicted octanol–water partition coefficient (Wildman–Crippen LogP) is 4.33. The lowest BCUT2D eigenvalue weighted by atomic mass is 9.97. The molecule has 0 radical (unpaired) electrons. The van der Waals surface area contributed by atoms with Crippen LogP contribution in [0.2, 0.25) is 5.02 Å². The number of carbonyl (C=O) groups is 2. The minimum atomic E-state index is -0.134. The van der Waals surface area contributed by atoms with Gasteiger partial charge in [0.1, 0.15) is 0 Å². The van der Waals surface area contributed by atoms with E-state index in [0.717, 1.165) is 34.4 Å². The standard InChI is InChI=1S/C20H21ClN2O2/c1-11-9-17(21)12(2)8-16(11)20(25)22-13(3)14-4-6-18-15(10-14)5-7-19(24)23-18/h4,6,8-10,13H,5,7H2,1-3H3,(H,22,25)(H,23,24). The van der Waals surface area contributed by atoms with Crippen molar-refractivity contribution >= 4 is 29.1 Å². The van der Waals surface area contributed by atoms with Gasteiger partial charge in [-0.15, -0.1) is 0 Å². The highest BCUT2D eigenvalue weighted by atomic mass is 35.5. The van der Waals surface area contributed by atoms with Crippen molar-refractivity contribution in [3.05, 3.63) is 63.2 Å². The van der Waals surface area contributed by atoms with Crippen molar-refractivity contribution < 1.29 is 9.59 Å². The molecular formula is C20H21ClN2O2. The number of benzene rings is 2. The van der Waals surface area contributed by atoms with Crippen molar-refractivity contribution in [2.75, 3.05) is 5.32 Å². The summed E-state index contributed by atoms with van der Waals surface area (Å²) in [5, 5.41) is 6.58. The molecule has 25 heavy (non-hydrogen) atoms. The maximum Gasteiger partial charge on any atom is 0.252 e. The molecule has 0 aliphatic carbocycles. The summed E-state index contributed by atoms with van der Waals surface area (Å²) >= 11 is 6.11. The first kappa shape index (κ1) is 17.5. The summed E-state index contributed by atoms with van der Waals surface area (Å²) in [5.74, 6) is -0.0639. The Balaban J connectivity index is 1.78. The zero-order chi connectivity index (χ0) is 18.1. The summed E-state index contributed by atoms with van der Waals surface area (Å²) in [6, 6.07) is 9.41. The number of nitrogens with one attached hydrogen (secondary N) is 2. The number of halogens is 1. The van der Waals surface area contributed by atoms with Crippen LogP contribution in [0.3, 0.4) is 0 Å². The van der Waals surface area contributed by atoms with E-state index >= 15 is 0 Å². The third-order valence-electron chi connectivity index (χ3n) is 4.62. The van der Waals surface area contributed by atoms with Crippen molar-refractivity contribution in [1.29, 1.82) is 0 Å². The van der Waals surface area contributed by atoms with E-state index in [1.54, 1.807) is 0 Å². The lowest BCUT2D eigenvalue weighted by Crippen LogP contribution is -2.27. The Kier molecular flexibility index (Phi) is 4.82. The van der Waals surface area contributed by atoms with Crippen LogP contribution in [0.1, 0.15) is 52.0 Å². The van der Waals surface area contributed by atoms with Crippen molar-refractivity contribution in [2.24, 2.45) is 0 Å². The molecule has 1 aliphatic heterocycles. The Hall–Kier alpha value is -2.33. The van der Waals surface area contributed by atoms with Gasteiger partial charge in [0.05, 0.1) is 6.04 Å². The SMILES string of the molecule is Cc1cc(C(=O)NC(C)c2ccc3c(c2)CCC(=O)N3)c(C)cc1Cl. The highest BCUT2D eigenvalue weighted by Gasteiger charge is 2.18. The number of hydrogen-bond donors (Lipinski definition) is 2. The molecule has 130 valence electrons. The van der Waals surface area contributed by atoms with Crippen molar-refractivity contribution in [2.45, 2.75) is 39.7 Å². The smallest absolute Gasteiger partial charge is 0.252 e. The maximum absolute atomic E-state index is 12.6. The number of anilines is 1. The van der Waals surface area contributed by atoms with E-state index in [-0.39, 0.29) is 17.9 Å². The molecule has 1 atom stereocenters. The second-order valence-corrected chi connectivity index (χ2v) is 6.98. The molecule has 0 aromatic heterocycles. The van der Waals surface area contributed by atoms with E-state index in [2.05, 4.69) is 16.7 Å². The monoisotopic (exact) mass is 356 g/mol. The Labute approximate surface area is 152 Å². The fraction of sp³-hybridized carbons (Fsp3) is 0.300. The number of carbonyl (C=O) groups excluding carboxylic acids is 2. The van der Waals surface area contributed by atoms with Crippen LogP contribution in [0.5, 0.6) is 0 Å². The summed E-state index contributed by atoms with van der Waals surface area (Å²) in [5.41, 5.74) is 5.37. The minimum Gasteiger partial charge on any atom is -0.346 e. The summed E-state index contributed by atoms with van der Waals surface area (Å²) in [7, 11) is 0. The molecule has 1 aliphatic rings. The lowest BCUT2D eigenvalue weighted by molar-refractivity contribution is -0.116. The van der Waals surface area contributed by atoms with Crippen molar-refractivity contribution in [3.63, 3.8) is 0 Å². The zero-order valence-corrected chi connectivity index (χ0v) is 15.3. The molecule has 0 fully saturated rings. The first-order valence-corrected chi connectivity index (χ1v) is 8.73. The quantitative estimate of drug-likeness (QED) is 0.859. The average molecular weight is 357 g/mol. The molecule has 0 saturated carbocycles. The molecule has 0 saturated heterocycles. The summed E-state index contributed by atoms with van der Waals surface area (Å²) in [6.07, 6.45) is 1.23. The molecule has 2 N–H and O–H groups in total. The van der Waals surface area contributed by atoms with Crippen molar-refractivity contribution in [3.8, 4) is 0 Å². The van der Waals surface area contributed by atoms with E-state index < -0.39 is 0 Å². The fourth-order valence-corrected chi connectivity index (χ4v) is 3.27. The topological polar surface area (TPSA) is 58.2 Å². The number of aryl methyl sites for hydroxylation is 3. The number of amides is 2. The molecule has 2 amide bonds. The minimum absolute atomic E-state index is 0.0511. The molecule has 0 bridgehead atoms. The van der Waals surface area contributed by atoms with Gasteiger partial charge in [-0.3, -0.25) is 9.59 Å². The van der Waals surface area contributed by atoms with Crippen LogP contribution in [0.25, 0.3) is 0 Å². The molecule has 2 aromatic rings. The van der Waals surface area contributed by atoms with Gasteiger partial charge in [-0.2, -0.15) is 0 Å². The first-order valence-electron chi connectivity index (χ1n) is 8.35. The number of fused-ring (bicyclic) bond motifs is 1. The van der Waals surface area contributed by atoms with Gasteiger partial charge in [0.15, 0.2) is 0 Å². The van der Waals surface area contributed by atoms with Crippen LogP contribution in [0.15, 0.2) is 30.3 Å². The summed E-state index contributed by atoms with van der Waals surface area (Å²) in [4.78, 5) is 24.1. The summed E-state index contributed by atoms with van der Waals surface area (Å²) < 4.78 is 0. The third kappa shape index (κ3) is 3.69. The van der Waals surface area contributed by atoms with Gasteiger partial charge < -0.3 is 10.6 Å². The molecule has 2 aromatic carbocycles. The van der Waals surface area contributed by atoms with E-state index in [1.807, 2.05) is 45.0 Å². The number of rotatable bonds is 3. The second-order valence-electron chi connectivity index (χ2n) is 6.58. The first-order chi connectivity index (χ1) is 11.8. The Bertz CT molecular complexity index is 861. The van der Waals surface area contributed by atoms with Crippen LogP contribution in [-0.2, 0) is 11.2 Å². The molecular weight excluding hydrogens is 336 g/mol. The van der Waals surface area contributed by atoms with E-state index in [4.69, 9.17) is 11.6 Å². The average Bonchev–Trinajstić information content (AvgIpc) is 2.57. The Morgan fingerprint density at radius 2 is 1.92 bits per heavy atom. The fourth-order valence-electron chi connectivity index (χ4n) is 3.06. The van der Waals surface area contributed by atoms with Gasteiger partial charge in [0, 0.05) is 22.7 Å². The van der Waals surface area contributed by atoms with Gasteiger partial charge in [0.2, 0.25) is 5.91 Å². The summed E-state index contributed by atoms with van der Waals surface area (Å²) in [6.45, 7) is 5.73. The third-order valence-corrected chi connectivity index (χ3v) is 5.03. The lowest BCUT2D eigenvalue weighted by Gasteiger charge is -2.21. The molecule has 5 heteroatoms. The molecule has 1 unspecified atom stereocenters. The molecule has 0 spiro atoms. The van der Waals surface area contributed by atoms with E-state index in [0.29, 0.717) is 17.0 Å². The van der Waals surface area contributed by atoms with Gasteiger partial charge in [-0.25, -0.2) is 0 Å². The van der Waals surface area contributed by atoms with E-state index in [1.165, 1.54) is 0 Å². The van der Waals surface area contributed by atoms with Crippen LogP contribution in [0.4, 0.5) is 5.69 Å². The Morgan fingerprint density at radius 3 is 2.68 bits per heavy atom. The van der Waals surface area contributed by atoms with Crippen LogP contribution in [0, 0.1) is 13.8 Å². The predicted molar refractivity (Wildman–Crippen MR) is 100 cm³/mol. The number of hydrogen-bond acceptors (Lipinski definition) is 2. The van der Waals surface area contributed by atoms with Gasteiger partial charge in [0.25, 0.3) is 5.91 Å². The molecule has 1 heterocycles. The van der Waals surface area contributed by atoms with Crippen LogP contribution in [-0.4, -0.2) is 11.8 Å². The molecule has 3 rings (SSSR count). The van der Waals surface area contributed by atoms with Gasteiger partial charge in [-0.1, -0.05) is 23.7 Å². The highest BCUT2D eigenvalue weighted by Crippen LogP contribution is 2.27. The maximum atomic E-state index is 12.6. The van der Waals surface area contributed by atoms with Crippen LogP contribution < -0.4 is 10.6 Å². The van der Waals surface area contributed by atoms with Gasteiger partial charge >= 0.3 is 0 Å². The van der Waals surface area contributed by atoms with Crippen LogP contribution >= 0.6 is 11.6 Å². The van der Waals surface area contributed by atoms with Crippen molar-refractivity contribution in [1.82, 2.24) is 5.32 Å². The normalized spacial score (nSPS) is 14.5. The van der Waals surface area contributed by atoms with E-state index in [9.17, 15) is 9.59 Å². The largest absolute Gasteiger partial charge is 0.346 e.